The molecule has 138 valence electrons. The molecular weight excluding hydrogens is 352 g/mol. The van der Waals surface area contributed by atoms with Gasteiger partial charge in [-0.05, 0) is 24.3 Å². The number of amides is 1. The SMILES string of the molecule is O=C(NCc1nc(N2CCCC2)nc(N2CCOCC2)n1)c1cccs1. The summed E-state index contributed by atoms with van der Waals surface area (Å²) in [6, 6.07) is 3.67. The van der Waals surface area contributed by atoms with E-state index in [1.165, 1.54) is 11.3 Å². The van der Waals surface area contributed by atoms with Gasteiger partial charge in [0, 0.05) is 26.2 Å². The number of nitrogens with one attached hydrogen (secondary N) is 1. The van der Waals surface area contributed by atoms with Gasteiger partial charge in [-0.25, -0.2) is 0 Å². The van der Waals surface area contributed by atoms with Crippen LogP contribution in [-0.2, 0) is 11.3 Å². The largest absolute Gasteiger partial charge is 0.378 e. The first kappa shape index (κ1) is 17.2. The van der Waals surface area contributed by atoms with Gasteiger partial charge in [0.2, 0.25) is 11.9 Å². The first-order chi connectivity index (χ1) is 12.8. The van der Waals surface area contributed by atoms with Crippen LogP contribution in [-0.4, -0.2) is 60.3 Å². The van der Waals surface area contributed by atoms with Crippen LogP contribution >= 0.6 is 11.3 Å². The van der Waals surface area contributed by atoms with Crippen LogP contribution in [0.3, 0.4) is 0 Å². The highest BCUT2D eigenvalue weighted by Crippen LogP contribution is 2.19. The number of nitrogens with zero attached hydrogens (tertiary/aromatic N) is 5. The molecule has 0 aliphatic carbocycles. The number of rotatable bonds is 5. The zero-order chi connectivity index (χ0) is 17.8. The molecule has 0 atom stereocenters. The molecule has 4 rings (SSSR count). The summed E-state index contributed by atoms with van der Waals surface area (Å²) in [7, 11) is 0. The highest BCUT2D eigenvalue weighted by atomic mass is 32.1. The van der Waals surface area contributed by atoms with Gasteiger partial charge in [-0.2, -0.15) is 15.0 Å². The number of ether oxygens (including phenoxy) is 1. The van der Waals surface area contributed by atoms with Crippen LogP contribution in [0.25, 0.3) is 0 Å². The lowest BCUT2D eigenvalue weighted by Gasteiger charge is -2.28. The average Bonchev–Trinajstić information content (AvgIpc) is 3.40. The Bertz CT molecular complexity index is 742. The van der Waals surface area contributed by atoms with Crippen LogP contribution in [0.1, 0.15) is 28.3 Å². The second kappa shape index (κ2) is 7.96. The zero-order valence-corrected chi connectivity index (χ0v) is 15.4. The van der Waals surface area contributed by atoms with Crippen LogP contribution in [0.4, 0.5) is 11.9 Å². The molecule has 9 heteroatoms. The molecule has 2 aliphatic rings. The molecule has 0 radical (unpaired) electrons. The predicted octanol–water partition coefficient (Wildman–Crippen LogP) is 1.30. The van der Waals surface area contributed by atoms with Crippen molar-refractivity contribution in [3.05, 3.63) is 28.2 Å². The molecule has 2 aromatic heterocycles. The monoisotopic (exact) mass is 374 g/mol. The molecule has 1 amide bonds. The summed E-state index contributed by atoms with van der Waals surface area (Å²) < 4.78 is 5.42. The van der Waals surface area contributed by atoms with Crippen molar-refractivity contribution in [2.24, 2.45) is 0 Å². The van der Waals surface area contributed by atoms with E-state index in [1.807, 2.05) is 17.5 Å². The van der Waals surface area contributed by atoms with Gasteiger partial charge < -0.3 is 19.9 Å². The molecule has 0 aromatic carbocycles. The highest BCUT2D eigenvalue weighted by molar-refractivity contribution is 7.12. The standard InChI is InChI=1S/C17H22N6O2S/c24-15(13-4-3-11-26-13)18-12-14-19-16(22-5-1-2-6-22)21-17(20-14)23-7-9-25-10-8-23/h3-4,11H,1-2,5-10,12H2,(H,18,24). The molecule has 0 unspecified atom stereocenters. The van der Waals surface area contributed by atoms with Gasteiger partial charge in [0.1, 0.15) is 0 Å². The number of carbonyl (C=O) groups is 1. The number of hydrogen-bond acceptors (Lipinski definition) is 8. The summed E-state index contributed by atoms with van der Waals surface area (Å²) in [5.74, 6) is 1.87. The molecule has 8 nitrogen and oxygen atoms in total. The molecule has 2 aromatic rings. The molecule has 0 bridgehead atoms. The lowest BCUT2D eigenvalue weighted by atomic mass is 10.4. The van der Waals surface area contributed by atoms with E-state index in [0.29, 0.717) is 35.8 Å². The lowest BCUT2D eigenvalue weighted by molar-refractivity contribution is 0.0954. The molecule has 4 heterocycles. The quantitative estimate of drug-likeness (QED) is 0.844. The third-order valence-electron chi connectivity index (χ3n) is 4.49. The van der Waals surface area contributed by atoms with Gasteiger partial charge in [0.05, 0.1) is 24.6 Å². The summed E-state index contributed by atoms with van der Waals surface area (Å²) in [5, 5.41) is 4.80. The maximum Gasteiger partial charge on any atom is 0.261 e. The van der Waals surface area contributed by atoms with E-state index < -0.39 is 0 Å². The van der Waals surface area contributed by atoms with Crippen LogP contribution in [0.5, 0.6) is 0 Å². The Morgan fingerprint density at radius 1 is 1.08 bits per heavy atom. The van der Waals surface area contributed by atoms with Crippen molar-refractivity contribution in [3.63, 3.8) is 0 Å². The van der Waals surface area contributed by atoms with Crippen LogP contribution in [0.2, 0.25) is 0 Å². The third kappa shape index (κ3) is 3.94. The topological polar surface area (TPSA) is 83.5 Å². The van der Waals surface area contributed by atoms with Gasteiger partial charge >= 0.3 is 0 Å². The molecule has 0 spiro atoms. The lowest BCUT2D eigenvalue weighted by Crippen LogP contribution is -2.38. The van der Waals surface area contributed by atoms with E-state index in [9.17, 15) is 4.79 Å². The normalized spacial score (nSPS) is 17.5. The molecule has 2 aliphatic heterocycles. The van der Waals surface area contributed by atoms with Crippen LogP contribution in [0.15, 0.2) is 17.5 Å². The van der Waals surface area contributed by atoms with Gasteiger partial charge in [-0.1, -0.05) is 6.07 Å². The van der Waals surface area contributed by atoms with Crippen molar-refractivity contribution in [1.29, 1.82) is 0 Å². The Hall–Kier alpha value is -2.26. The first-order valence-corrected chi connectivity index (χ1v) is 9.82. The van der Waals surface area contributed by atoms with Gasteiger partial charge in [0.25, 0.3) is 5.91 Å². The summed E-state index contributed by atoms with van der Waals surface area (Å²) in [4.78, 5) is 31.1. The first-order valence-electron chi connectivity index (χ1n) is 8.94. The highest BCUT2D eigenvalue weighted by Gasteiger charge is 2.21. The number of anilines is 2. The maximum absolute atomic E-state index is 12.2. The molecule has 1 N–H and O–H groups in total. The number of carbonyl (C=O) groups excluding carboxylic acids is 1. The molecule has 2 fully saturated rings. The Balaban J connectivity index is 1.53. The van der Waals surface area contributed by atoms with E-state index in [1.54, 1.807) is 0 Å². The fraction of sp³-hybridized carbons (Fsp3) is 0.529. The minimum Gasteiger partial charge on any atom is -0.378 e. The zero-order valence-electron chi connectivity index (χ0n) is 14.6. The van der Waals surface area contributed by atoms with Crippen LogP contribution < -0.4 is 15.1 Å². The second-order valence-electron chi connectivity index (χ2n) is 6.31. The van der Waals surface area contributed by atoms with Crippen molar-refractivity contribution in [1.82, 2.24) is 20.3 Å². The molecule has 26 heavy (non-hydrogen) atoms. The number of thiophene rings is 1. The van der Waals surface area contributed by atoms with Crippen LogP contribution in [0, 0.1) is 0 Å². The van der Waals surface area contributed by atoms with Crippen molar-refractivity contribution in [2.45, 2.75) is 19.4 Å². The number of morpholine rings is 1. The molecule has 2 saturated heterocycles. The van der Waals surface area contributed by atoms with Gasteiger partial charge in [-0.15, -0.1) is 11.3 Å². The number of hydrogen-bond donors (Lipinski definition) is 1. The summed E-state index contributed by atoms with van der Waals surface area (Å²) >= 11 is 1.42. The smallest absolute Gasteiger partial charge is 0.261 e. The van der Waals surface area contributed by atoms with Gasteiger partial charge in [0.15, 0.2) is 5.82 Å². The van der Waals surface area contributed by atoms with E-state index in [4.69, 9.17) is 4.74 Å². The van der Waals surface area contributed by atoms with E-state index in [2.05, 4.69) is 30.1 Å². The number of aromatic nitrogens is 3. The fourth-order valence-corrected chi connectivity index (χ4v) is 3.73. The van der Waals surface area contributed by atoms with Crippen molar-refractivity contribution >= 4 is 29.1 Å². The van der Waals surface area contributed by atoms with E-state index in [0.717, 1.165) is 39.0 Å². The summed E-state index contributed by atoms with van der Waals surface area (Å²) in [6.07, 6.45) is 2.31. The minimum atomic E-state index is -0.101. The summed E-state index contributed by atoms with van der Waals surface area (Å²) in [5.41, 5.74) is 0. The Morgan fingerprint density at radius 3 is 2.42 bits per heavy atom. The van der Waals surface area contributed by atoms with Crippen molar-refractivity contribution in [3.8, 4) is 0 Å². The van der Waals surface area contributed by atoms with E-state index >= 15 is 0 Å². The average molecular weight is 374 g/mol. The molecular formula is C17H22N6O2S. The second-order valence-corrected chi connectivity index (χ2v) is 7.25. The van der Waals surface area contributed by atoms with Gasteiger partial charge in [-0.3, -0.25) is 4.79 Å². The van der Waals surface area contributed by atoms with E-state index in [-0.39, 0.29) is 12.5 Å². The van der Waals surface area contributed by atoms with Crippen molar-refractivity contribution in [2.75, 3.05) is 49.2 Å². The van der Waals surface area contributed by atoms with Crippen molar-refractivity contribution < 1.29 is 9.53 Å². The Labute approximate surface area is 156 Å². The fourth-order valence-electron chi connectivity index (χ4n) is 3.09. The Kier molecular flexibility index (Phi) is 5.26. The molecule has 0 saturated carbocycles. The third-order valence-corrected chi connectivity index (χ3v) is 5.36. The summed E-state index contributed by atoms with van der Waals surface area (Å²) in [6.45, 7) is 5.11. The predicted molar refractivity (Wildman–Crippen MR) is 99.8 cm³/mol. The maximum atomic E-state index is 12.2. The minimum absolute atomic E-state index is 0.101. The Morgan fingerprint density at radius 2 is 1.77 bits per heavy atom.